The Hall–Kier alpha value is -3.59. The Kier molecular flexibility index (Phi) is 9.48. The minimum Gasteiger partial charge on any atom is -0.384 e. The molecule has 0 amide bonds. The number of nitrogens with one attached hydrogen (secondary N) is 2. The van der Waals surface area contributed by atoms with E-state index in [1.165, 1.54) is 5.56 Å². The van der Waals surface area contributed by atoms with Crippen LogP contribution in [0, 0.1) is 0 Å². The molecule has 1 aliphatic heterocycles. The van der Waals surface area contributed by atoms with Crippen molar-refractivity contribution in [2.24, 2.45) is 0 Å². The van der Waals surface area contributed by atoms with Gasteiger partial charge in [-0.2, -0.15) is 0 Å². The van der Waals surface area contributed by atoms with Gasteiger partial charge in [-0.05, 0) is 67.5 Å². The Bertz CT molecular complexity index is 1160. The number of rotatable bonds is 9. The molecule has 0 radical (unpaired) electrons. The van der Waals surface area contributed by atoms with Gasteiger partial charge in [0.15, 0.2) is 0 Å². The summed E-state index contributed by atoms with van der Waals surface area (Å²) in [5.41, 5.74) is 8.72. The molecule has 2 aromatic rings. The summed E-state index contributed by atoms with van der Waals surface area (Å²) in [6.07, 6.45) is 14.4. The number of anilines is 1. The molecule has 2 heterocycles. The number of aromatic nitrogens is 1. The fourth-order valence-corrected chi connectivity index (χ4v) is 4.47. The normalized spacial score (nSPS) is 17.1. The van der Waals surface area contributed by atoms with E-state index in [1.54, 1.807) is 0 Å². The monoisotopic (exact) mass is 465 g/mol. The molecule has 35 heavy (non-hydrogen) atoms. The van der Waals surface area contributed by atoms with Gasteiger partial charge in [-0.3, -0.25) is 4.98 Å². The zero-order chi connectivity index (χ0) is 25.2. The van der Waals surface area contributed by atoms with Crippen LogP contribution in [0.2, 0.25) is 0 Å². The van der Waals surface area contributed by atoms with Crippen molar-refractivity contribution < 1.29 is 0 Å². The fourth-order valence-electron chi connectivity index (χ4n) is 4.47. The van der Waals surface area contributed by atoms with Crippen molar-refractivity contribution in [3.8, 4) is 0 Å². The van der Waals surface area contributed by atoms with Crippen LogP contribution in [0.4, 0.5) is 5.69 Å². The molecule has 1 aliphatic rings. The van der Waals surface area contributed by atoms with E-state index in [2.05, 4.69) is 110 Å². The van der Waals surface area contributed by atoms with Crippen molar-refractivity contribution in [3.63, 3.8) is 0 Å². The summed E-state index contributed by atoms with van der Waals surface area (Å²) in [6.45, 7) is 17.8. The maximum Gasteiger partial charge on any atom is 0.0940 e. The fraction of sp³-hybridized carbons (Fsp3) is 0.281. The molecule has 0 bridgehead atoms. The van der Waals surface area contributed by atoms with Crippen LogP contribution in [0.1, 0.15) is 69.4 Å². The van der Waals surface area contributed by atoms with Crippen LogP contribution in [-0.4, -0.2) is 11.5 Å². The predicted molar refractivity (Wildman–Crippen MR) is 152 cm³/mol. The van der Waals surface area contributed by atoms with E-state index in [0.717, 1.165) is 58.9 Å². The number of para-hydroxylation sites is 1. The number of piperidine rings is 1. The standard InChI is InChI=1S/C32H39N3/c1-7-14-25(15-8-2)32(35-28-19-11-10-18-26(28)23(4)5)30-21-12-20-29(34-30)27(16-9-3)31-24(6)17-13-22-33-31/h7-12,14-16,18-21,23,32-33,35H,1,6,13,17,22H2,2-5H3/b15-8-,16-9?,25-14+,31-27-. The van der Waals surface area contributed by atoms with E-state index < -0.39 is 0 Å². The minimum atomic E-state index is -0.136. The third kappa shape index (κ3) is 6.51. The lowest BCUT2D eigenvalue weighted by atomic mass is 9.95. The Morgan fingerprint density at radius 3 is 2.51 bits per heavy atom. The summed E-state index contributed by atoms with van der Waals surface area (Å²) < 4.78 is 0. The quantitative estimate of drug-likeness (QED) is 0.366. The van der Waals surface area contributed by atoms with Gasteiger partial charge < -0.3 is 10.6 Å². The molecular weight excluding hydrogens is 426 g/mol. The van der Waals surface area contributed by atoms with E-state index in [1.807, 2.05) is 19.9 Å². The lowest BCUT2D eigenvalue weighted by Gasteiger charge is -2.25. The molecule has 1 aromatic carbocycles. The third-order valence-electron chi connectivity index (χ3n) is 6.14. The first-order valence-corrected chi connectivity index (χ1v) is 12.6. The van der Waals surface area contributed by atoms with Gasteiger partial charge in [0.2, 0.25) is 0 Å². The van der Waals surface area contributed by atoms with Gasteiger partial charge in [0.05, 0.1) is 17.4 Å². The van der Waals surface area contributed by atoms with E-state index in [-0.39, 0.29) is 6.04 Å². The summed E-state index contributed by atoms with van der Waals surface area (Å²) >= 11 is 0. The van der Waals surface area contributed by atoms with Gasteiger partial charge >= 0.3 is 0 Å². The summed E-state index contributed by atoms with van der Waals surface area (Å²) in [5, 5.41) is 7.37. The van der Waals surface area contributed by atoms with Crippen LogP contribution in [0.3, 0.4) is 0 Å². The van der Waals surface area contributed by atoms with Gasteiger partial charge in [0.1, 0.15) is 0 Å². The second-order valence-electron chi connectivity index (χ2n) is 9.09. The molecule has 3 rings (SSSR count). The molecule has 3 heteroatoms. The second-order valence-corrected chi connectivity index (χ2v) is 9.09. The number of allylic oxidation sites excluding steroid dienone is 7. The molecule has 0 saturated carbocycles. The maximum absolute atomic E-state index is 5.20. The topological polar surface area (TPSA) is 37.0 Å². The van der Waals surface area contributed by atoms with E-state index in [4.69, 9.17) is 4.98 Å². The highest BCUT2D eigenvalue weighted by molar-refractivity contribution is 5.77. The number of benzene rings is 1. The zero-order valence-electron chi connectivity index (χ0n) is 21.6. The van der Waals surface area contributed by atoms with E-state index >= 15 is 0 Å². The third-order valence-corrected chi connectivity index (χ3v) is 6.14. The molecule has 2 N–H and O–H groups in total. The van der Waals surface area contributed by atoms with Crippen LogP contribution in [0.5, 0.6) is 0 Å². The summed E-state index contributed by atoms with van der Waals surface area (Å²) in [6, 6.07) is 14.7. The van der Waals surface area contributed by atoms with Crippen LogP contribution in [-0.2, 0) is 0 Å². The van der Waals surface area contributed by atoms with Crippen LogP contribution >= 0.6 is 0 Å². The van der Waals surface area contributed by atoms with Gasteiger partial charge in [-0.25, -0.2) is 0 Å². The molecule has 1 atom stereocenters. The van der Waals surface area contributed by atoms with Crippen molar-refractivity contribution in [2.75, 3.05) is 11.9 Å². The Labute approximate surface area is 211 Å². The first-order valence-electron chi connectivity index (χ1n) is 12.6. The zero-order valence-corrected chi connectivity index (χ0v) is 21.6. The molecule has 1 fully saturated rings. The van der Waals surface area contributed by atoms with Crippen molar-refractivity contribution in [1.82, 2.24) is 10.3 Å². The predicted octanol–water partition coefficient (Wildman–Crippen LogP) is 8.27. The molecule has 0 spiro atoms. The molecular formula is C32H39N3. The van der Waals surface area contributed by atoms with Crippen LogP contribution in [0.25, 0.3) is 5.57 Å². The van der Waals surface area contributed by atoms with Crippen molar-refractivity contribution in [3.05, 3.63) is 126 Å². The molecule has 3 nitrogen and oxygen atoms in total. The first kappa shape index (κ1) is 26.0. The molecule has 1 aromatic heterocycles. The number of hydrogen-bond acceptors (Lipinski definition) is 3. The number of pyridine rings is 1. The van der Waals surface area contributed by atoms with Gasteiger partial charge in [-0.15, -0.1) is 0 Å². The Morgan fingerprint density at radius 1 is 1.06 bits per heavy atom. The van der Waals surface area contributed by atoms with Crippen LogP contribution < -0.4 is 10.6 Å². The van der Waals surface area contributed by atoms with Crippen molar-refractivity contribution >= 4 is 11.3 Å². The highest BCUT2D eigenvalue weighted by Crippen LogP contribution is 2.33. The maximum atomic E-state index is 5.20. The number of nitrogens with zero attached hydrogens (tertiary/aromatic N) is 1. The van der Waals surface area contributed by atoms with Crippen molar-refractivity contribution in [2.45, 2.75) is 52.5 Å². The summed E-state index contributed by atoms with van der Waals surface area (Å²) in [4.78, 5) is 5.20. The number of hydrogen-bond donors (Lipinski definition) is 2. The molecule has 182 valence electrons. The van der Waals surface area contributed by atoms with Crippen molar-refractivity contribution in [1.29, 1.82) is 0 Å². The Morgan fingerprint density at radius 2 is 1.83 bits per heavy atom. The highest BCUT2D eigenvalue weighted by Gasteiger charge is 2.21. The lowest BCUT2D eigenvalue weighted by molar-refractivity contribution is 0.672. The second kappa shape index (κ2) is 12.8. The first-order chi connectivity index (χ1) is 17.0. The lowest BCUT2D eigenvalue weighted by Crippen LogP contribution is -2.23. The van der Waals surface area contributed by atoms with Gasteiger partial charge in [-0.1, -0.05) is 87.7 Å². The minimum absolute atomic E-state index is 0.136. The van der Waals surface area contributed by atoms with Gasteiger partial charge in [0.25, 0.3) is 0 Å². The molecule has 0 aliphatic carbocycles. The van der Waals surface area contributed by atoms with E-state index in [9.17, 15) is 0 Å². The molecule has 1 unspecified atom stereocenters. The highest BCUT2D eigenvalue weighted by atomic mass is 15.0. The van der Waals surface area contributed by atoms with Crippen LogP contribution in [0.15, 0.2) is 109 Å². The Balaban J connectivity index is 2.15. The average molecular weight is 466 g/mol. The summed E-state index contributed by atoms with van der Waals surface area (Å²) in [7, 11) is 0. The molecule has 1 saturated heterocycles. The largest absolute Gasteiger partial charge is 0.384 e. The van der Waals surface area contributed by atoms with E-state index in [0.29, 0.717) is 5.92 Å². The van der Waals surface area contributed by atoms with Gasteiger partial charge in [0, 0.05) is 23.5 Å². The SMILES string of the molecule is C=C/C=C(\C=C/C)C(Nc1ccccc1C(C)C)c1cccc(/C(C=CC)=C2\NCCCC2=C)n1. The summed E-state index contributed by atoms with van der Waals surface area (Å²) in [5.74, 6) is 0.404. The smallest absolute Gasteiger partial charge is 0.0940 e. The average Bonchev–Trinajstić information content (AvgIpc) is 2.86.